The first-order chi connectivity index (χ1) is 11.6. The molecule has 3 aromatic rings. The minimum atomic E-state index is -0.614. The maximum absolute atomic E-state index is 11.9. The van der Waals surface area contributed by atoms with Gasteiger partial charge in [0.05, 0.1) is 0 Å². The van der Waals surface area contributed by atoms with Crippen LogP contribution in [0.25, 0.3) is 10.8 Å². The van der Waals surface area contributed by atoms with Gasteiger partial charge in [0.15, 0.2) is 0 Å². The number of carbonyl (C=O) groups excluding carboxylic acids is 2. The molecule has 3 rings (SSSR count). The first kappa shape index (κ1) is 16.0. The summed E-state index contributed by atoms with van der Waals surface area (Å²) in [5.41, 5.74) is 0.572. The molecule has 1 amide bonds. The zero-order valence-corrected chi connectivity index (χ0v) is 13.4. The predicted octanol–water partition coefficient (Wildman–Crippen LogP) is 4.43. The number of rotatable bonds is 4. The quantitative estimate of drug-likeness (QED) is 0.434. The first-order valence-corrected chi connectivity index (χ1v) is 7.73. The molecule has 24 heavy (non-hydrogen) atoms. The summed E-state index contributed by atoms with van der Waals surface area (Å²) < 4.78 is 5.23. The van der Waals surface area contributed by atoms with Crippen LogP contribution in [0.5, 0.6) is 5.75 Å². The molecule has 0 heterocycles. The highest BCUT2D eigenvalue weighted by Crippen LogP contribution is 2.21. The van der Waals surface area contributed by atoms with Crippen LogP contribution < -0.4 is 10.1 Å². The number of ether oxygens (including phenoxy) is 1. The van der Waals surface area contributed by atoms with Gasteiger partial charge in [0, 0.05) is 10.7 Å². The Bertz CT molecular complexity index is 891. The number of hydrogen-bond donors (Lipinski definition) is 1. The monoisotopic (exact) mass is 339 g/mol. The fourth-order valence-electron chi connectivity index (χ4n) is 2.27. The van der Waals surface area contributed by atoms with Crippen molar-refractivity contribution >= 4 is 39.9 Å². The Kier molecular flexibility index (Phi) is 4.77. The number of carbonyl (C=O) groups is 2. The largest absolute Gasteiger partial charge is 0.426 e. The van der Waals surface area contributed by atoms with E-state index in [1.807, 2.05) is 30.3 Å². The SMILES string of the molecule is O=C(CC(=O)Oc1ccc2ccccc2c1)Nc1ccc(Cl)cc1. The van der Waals surface area contributed by atoms with Crippen LogP contribution in [0.3, 0.4) is 0 Å². The Morgan fingerprint density at radius 2 is 1.62 bits per heavy atom. The zero-order valence-electron chi connectivity index (χ0n) is 12.7. The van der Waals surface area contributed by atoms with E-state index in [0.29, 0.717) is 16.5 Å². The van der Waals surface area contributed by atoms with Gasteiger partial charge in [-0.1, -0.05) is 41.9 Å². The van der Waals surface area contributed by atoms with Crippen molar-refractivity contribution in [2.24, 2.45) is 0 Å². The Hall–Kier alpha value is -2.85. The van der Waals surface area contributed by atoms with E-state index in [1.54, 1.807) is 36.4 Å². The second-order valence-corrected chi connectivity index (χ2v) is 5.65. The first-order valence-electron chi connectivity index (χ1n) is 7.35. The summed E-state index contributed by atoms with van der Waals surface area (Å²) in [6.45, 7) is 0. The van der Waals surface area contributed by atoms with Gasteiger partial charge < -0.3 is 10.1 Å². The third kappa shape index (κ3) is 4.12. The lowest BCUT2D eigenvalue weighted by Gasteiger charge is -2.07. The molecule has 0 unspecified atom stereocenters. The highest BCUT2D eigenvalue weighted by Gasteiger charge is 2.12. The van der Waals surface area contributed by atoms with E-state index in [4.69, 9.17) is 16.3 Å². The molecule has 0 saturated carbocycles. The van der Waals surface area contributed by atoms with Gasteiger partial charge in [-0.3, -0.25) is 9.59 Å². The van der Waals surface area contributed by atoms with Gasteiger partial charge in [-0.2, -0.15) is 0 Å². The molecule has 0 aliphatic carbocycles. The number of halogens is 1. The highest BCUT2D eigenvalue weighted by atomic mass is 35.5. The van der Waals surface area contributed by atoms with Crippen LogP contribution in [0.4, 0.5) is 5.69 Å². The molecule has 0 saturated heterocycles. The van der Waals surface area contributed by atoms with Gasteiger partial charge in [-0.05, 0) is 47.2 Å². The van der Waals surface area contributed by atoms with Gasteiger partial charge >= 0.3 is 5.97 Å². The maximum atomic E-state index is 11.9. The van der Waals surface area contributed by atoms with Crippen LogP contribution in [0.15, 0.2) is 66.7 Å². The Balaban J connectivity index is 1.59. The molecule has 0 aliphatic rings. The minimum absolute atomic E-state index is 0.366. The van der Waals surface area contributed by atoms with E-state index in [0.717, 1.165) is 10.8 Å². The molecular weight excluding hydrogens is 326 g/mol. The van der Waals surface area contributed by atoms with Crippen LogP contribution in [-0.4, -0.2) is 11.9 Å². The number of hydrogen-bond acceptors (Lipinski definition) is 3. The van der Waals surface area contributed by atoms with Gasteiger partial charge in [-0.25, -0.2) is 0 Å². The average molecular weight is 340 g/mol. The zero-order chi connectivity index (χ0) is 16.9. The van der Waals surface area contributed by atoms with Gasteiger partial charge in [0.1, 0.15) is 12.2 Å². The molecular formula is C19H14ClNO3. The molecule has 0 radical (unpaired) electrons. The number of anilines is 1. The number of esters is 1. The minimum Gasteiger partial charge on any atom is -0.426 e. The third-order valence-corrected chi connectivity index (χ3v) is 3.64. The molecule has 0 spiro atoms. The van der Waals surface area contributed by atoms with Gasteiger partial charge in [0.25, 0.3) is 0 Å². The van der Waals surface area contributed by atoms with Crippen LogP contribution >= 0.6 is 11.6 Å². The van der Waals surface area contributed by atoms with Crippen LogP contribution in [0, 0.1) is 0 Å². The van der Waals surface area contributed by atoms with E-state index < -0.39 is 11.9 Å². The predicted molar refractivity (Wildman–Crippen MR) is 94.3 cm³/mol. The van der Waals surface area contributed by atoms with Crippen LogP contribution in [0.1, 0.15) is 6.42 Å². The molecule has 5 heteroatoms. The Morgan fingerprint density at radius 3 is 2.38 bits per heavy atom. The molecule has 4 nitrogen and oxygen atoms in total. The van der Waals surface area contributed by atoms with Crippen LogP contribution in [-0.2, 0) is 9.59 Å². The summed E-state index contributed by atoms with van der Waals surface area (Å²) in [7, 11) is 0. The number of amides is 1. The standard InChI is InChI=1S/C19H14ClNO3/c20-15-6-8-16(9-7-15)21-18(22)12-19(23)24-17-10-5-13-3-1-2-4-14(13)11-17/h1-11H,12H2,(H,21,22). The second kappa shape index (κ2) is 7.15. The molecule has 0 bridgehead atoms. The molecule has 0 aromatic heterocycles. The number of fused-ring (bicyclic) bond motifs is 1. The van der Waals surface area contributed by atoms with E-state index in [9.17, 15) is 9.59 Å². The van der Waals surface area contributed by atoms with Crippen molar-refractivity contribution in [2.75, 3.05) is 5.32 Å². The van der Waals surface area contributed by atoms with Gasteiger partial charge in [0.2, 0.25) is 5.91 Å². The van der Waals surface area contributed by atoms with E-state index in [2.05, 4.69) is 5.32 Å². The van der Waals surface area contributed by atoms with Crippen molar-refractivity contribution in [1.82, 2.24) is 0 Å². The van der Waals surface area contributed by atoms with E-state index in [-0.39, 0.29) is 6.42 Å². The summed E-state index contributed by atoms with van der Waals surface area (Å²) >= 11 is 5.78. The molecule has 1 N–H and O–H groups in total. The second-order valence-electron chi connectivity index (χ2n) is 5.21. The van der Waals surface area contributed by atoms with Crippen LogP contribution in [0.2, 0.25) is 5.02 Å². The molecule has 0 aliphatic heterocycles. The Labute approximate surface area is 144 Å². The van der Waals surface area contributed by atoms with Crippen molar-refractivity contribution in [1.29, 1.82) is 0 Å². The maximum Gasteiger partial charge on any atom is 0.320 e. The fourth-order valence-corrected chi connectivity index (χ4v) is 2.39. The fraction of sp³-hybridized carbons (Fsp3) is 0.0526. The topological polar surface area (TPSA) is 55.4 Å². The summed E-state index contributed by atoms with van der Waals surface area (Å²) in [5.74, 6) is -0.641. The number of benzene rings is 3. The number of nitrogens with one attached hydrogen (secondary N) is 1. The lowest BCUT2D eigenvalue weighted by Crippen LogP contribution is -2.19. The Morgan fingerprint density at radius 1 is 0.917 bits per heavy atom. The summed E-state index contributed by atoms with van der Waals surface area (Å²) in [5, 5.41) is 5.21. The van der Waals surface area contributed by atoms with Crippen molar-refractivity contribution in [3.8, 4) is 5.75 Å². The summed E-state index contributed by atoms with van der Waals surface area (Å²) in [4.78, 5) is 23.8. The van der Waals surface area contributed by atoms with Crippen molar-refractivity contribution in [3.05, 3.63) is 71.8 Å². The molecule has 0 atom stereocenters. The van der Waals surface area contributed by atoms with Crippen molar-refractivity contribution in [3.63, 3.8) is 0 Å². The lowest BCUT2D eigenvalue weighted by molar-refractivity contribution is -0.137. The third-order valence-electron chi connectivity index (χ3n) is 3.39. The molecule has 120 valence electrons. The lowest BCUT2D eigenvalue weighted by atomic mass is 10.1. The summed E-state index contributed by atoms with van der Waals surface area (Å²) in [6.07, 6.45) is -0.366. The van der Waals surface area contributed by atoms with Gasteiger partial charge in [-0.15, -0.1) is 0 Å². The van der Waals surface area contributed by atoms with E-state index in [1.165, 1.54) is 0 Å². The average Bonchev–Trinajstić information content (AvgIpc) is 2.56. The molecule has 3 aromatic carbocycles. The highest BCUT2D eigenvalue weighted by molar-refractivity contribution is 6.30. The normalized spacial score (nSPS) is 10.4. The van der Waals surface area contributed by atoms with Crippen molar-refractivity contribution < 1.29 is 14.3 Å². The van der Waals surface area contributed by atoms with E-state index >= 15 is 0 Å². The molecule has 0 fully saturated rings. The van der Waals surface area contributed by atoms with Crippen molar-refractivity contribution in [2.45, 2.75) is 6.42 Å². The summed E-state index contributed by atoms with van der Waals surface area (Å²) in [6, 6.07) is 19.7. The smallest absolute Gasteiger partial charge is 0.320 e.